The molecule has 20 heavy (non-hydrogen) atoms. The number of nitro benzene ring substituents is 2. The molecular weight excluding hydrogens is 288 g/mol. The molecule has 0 atom stereocenters. The van der Waals surface area contributed by atoms with Crippen LogP contribution in [0.4, 0.5) is 11.4 Å². The number of benzene rings is 1. The van der Waals surface area contributed by atoms with E-state index in [9.17, 15) is 29.8 Å². The second-order valence-electron chi connectivity index (χ2n) is 3.89. The second kappa shape index (κ2) is 6.24. The largest absolute Gasteiger partial charge is 0.298 e. The lowest BCUT2D eigenvalue weighted by molar-refractivity contribution is -0.396. The maximum absolute atomic E-state index is 11.3. The van der Waals surface area contributed by atoms with Gasteiger partial charge in [-0.25, -0.2) is 0 Å². The van der Waals surface area contributed by atoms with E-state index < -0.39 is 38.0 Å². The molecule has 0 aliphatic carbocycles. The molecule has 0 radical (unpaired) electrons. The zero-order valence-electron chi connectivity index (χ0n) is 10.6. The molecule has 0 unspecified atom stereocenters. The summed E-state index contributed by atoms with van der Waals surface area (Å²) in [5.41, 5.74) is -0.931. The fraction of sp³-hybridized carbons (Fsp3) is 0.273. The maximum atomic E-state index is 11.3. The first-order chi connectivity index (χ1) is 9.23. The molecule has 0 aromatic heterocycles. The lowest BCUT2D eigenvalue weighted by Gasteiger charge is -2.09. The van der Waals surface area contributed by atoms with Crippen molar-refractivity contribution in [1.29, 1.82) is 0 Å². The molecule has 0 saturated carbocycles. The molecule has 0 amide bonds. The van der Waals surface area contributed by atoms with Gasteiger partial charge in [0, 0.05) is 6.07 Å². The lowest BCUT2D eigenvalue weighted by atomic mass is 10.2. The first-order valence-electron chi connectivity index (χ1n) is 5.34. The van der Waals surface area contributed by atoms with Crippen LogP contribution < -0.4 is 0 Å². The molecule has 106 valence electrons. The van der Waals surface area contributed by atoms with Crippen LogP contribution in [-0.4, -0.2) is 26.7 Å². The quantitative estimate of drug-likeness (QED) is 0.341. The first-order valence-corrected chi connectivity index (χ1v) is 6.22. The van der Waals surface area contributed by atoms with Crippen molar-refractivity contribution in [2.75, 3.05) is 0 Å². The van der Waals surface area contributed by atoms with Crippen LogP contribution in [0.3, 0.4) is 0 Å². The topological polar surface area (TPSA) is 120 Å². The average molecular weight is 298 g/mol. The predicted molar refractivity (Wildman–Crippen MR) is 70.8 cm³/mol. The van der Waals surface area contributed by atoms with Crippen LogP contribution >= 0.6 is 11.8 Å². The van der Waals surface area contributed by atoms with Gasteiger partial charge in [0.15, 0.2) is 11.6 Å². The van der Waals surface area contributed by atoms with E-state index in [-0.39, 0.29) is 4.90 Å². The number of carbonyl (C=O) groups excluding carboxylic acids is 2. The van der Waals surface area contributed by atoms with Gasteiger partial charge in [0.2, 0.25) is 0 Å². The molecule has 1 aromatic rings. The van der Waals surface area contributed by atoms with E-state index in [0.29, 0.717) is 11.8 Å². The molecule has 8 nitrogen and oxygen atoms in total. The van der Waals surface area contributed by atoms with Crippen LogP contribution in [0.2, 0.25) is 0 Å². The summed E-state index contributed by atoms with van der Waals surface area (Å²) in [5.74, 6) is -0.870. The second-order valence-corrected chi connectivity index (χ2v) is 5.03. The van der Waals surface area contributed by atoms with Crippen molar-refractivity contribution < 1.29 is 19.4 Å². The smallest absolute Gasteiger partial charge is 0.289 e. The van der Waals surface area contributed by atoms with Gasteiger partial charge >= 0.3 is 0 Å². The van der Waals surface area contributed by atoms with E-state index in [1.54, 1.807) is 0 Å². The number of nitro groups is 2. The third-order valence-corrected chi connectivity index (χ3v) is 3.83. The first kappa shape index (κ1) is 15.8. The third-order valence-electron chi connectivity index (χ3n) is 2.33. The van der Waals surface area contributed by atoms with Crippen LogP contribution in [0, 0.1) is 20.2 Å². The molecule has 0 heterocycles. The summed E-state index contributed by atoms with van der Waals surface area (Å²) in [7, 11) is 0. The minimum absolute atomic E-state index is 0.0380. The molecule has 0 fully saturated rings. The number of rotatable bonds is 6. The summed E-state index contributed by atoms with van der Waals surface area (Å²) in [6.07, 6.45) is 0. The highest BCUT2D eigenvalue weighted by Crippen LogP contribution is 2.35. The molecule has 0 aliphatic heterocycles. The van der Waals surface area contributed by atoms with Crippen molar-refractivity contribution >= 4 is 34.7 Å². The van der Waals surface area contributed by atoms with Crippen molar-refractivity contribution in [2.24, 2.45) is 0 Å². The molecule has 0 aliphatic rings. The predicted octanol–water partition coefficient (Wildman–Crippen LogP) is 2.14. The Bertz CT molecular complexity index is 587. The van der Waals surface area contributed by atoms with Crippen LogP contribution in [0.25, 0.3) is 0 Å². The van der Waals surface area contributed by atoms with E-state index >= 15 is 0 Å². The number of Topliss-reactive ketones (excluding diaryl/α,β-unsaturated/α-hetero) is 2. The number of non-ortho nitro benzene ring substituents is 1. The summed E-state index contributed by atoms with van der Waals surface area (Å²) in [5, 5.41) is 20.5. The maximum Gasteiger partial charge on any atom is 0.289 e. The Morgan fingerprint density at radius 1 is 1.10 bits per heavy atom. The van der Waals surface area contributed by atoms with Gasteiger partial charge in [-0.1, -0.05) is 11.8 Å². The Morgan fingerprint density at radius 3 is 2.05 bits per heavy atom. The van der Waals surface area contributed by atoms with Crippen molar-refractivity contribution in [3.05, 3.63) is 38.4 Å². The van der Waals surface area contributed by atoms with Gasteiger partial charge in [-0.05, 0) is 19.9 Å². The molecule has 0 spiro atoms. The van der Waals surface area contributed by atoms with Crippen molar-refractivity contribution in [3.63, 3.8) is 0 Å². The molecule has 9 heteroatoms. The van der Waals surface area contributed by atoms with Crippen molar-refractivity contribution in [1.82, 2.24) is 0 Å². The van der Waals surface area contributed by atoms with Crippen molar-refractivity contribution in [3.8, 4) is 0 Å². The zero-order valence-corrected chi connectivity index (χ0v) is 11.4. The van der Waals surface area contributed by atoms with E-state index in [1.165, 1.54) is 19.9 Å². The van der Waals surface area contributed by atoms with Crippen LogP contribution in [0.5, 0.6) is 0 Å². The monoisotopic (exact) mass is 298 g/mol. The lowest BCUT2D eigenvalue weighted by Crippen LogP contribution is -2.22. The minimum Gasteiger partial charge on any atom is -0.298 e. The Morgan fingerprint density at radius 2 is 1.65 bits per heavy atom. The average Bonchev–Trinajstić information content (AvgIpc) is 2.34. The highest BCUT2D eigenvalue weighted by atomic mass is 32.2. The number of thioether (sulfide) groups is 1. The van der Waals surface area contributed by atoms with Gasteiger partial charge in [0.1, 0.15) is 5.25 Å². The number of ketones is 2. The summed E-state index contributed by atoms with van der Waals surface area (Å²) in [4.78, 5) is 42.7. The normalized spacial score (nSPS) is 10.3. The van der Waals surface area contributed by atoms with Gasteiger partial charge in [0.05, 0.1) is 20.8 Å². The Hall–Kier alpha value is -2.29. The van der Waals surface area contributed by atoms with Gasteiger partial charge < -0.3 is 0 Å². The van der Waals surface area contributed by atoms with Crippen LogP contribution in [0.15, 0.2) is 23.1 Å². The minimum atomic E-state index is -1.06. The van der Waals surface area contributed by atoms with E-state index in [2.05, 4.69) is 0 Å². The summed E-state index contributed by atoms with van der Waals surface area (Å²) in [6, 6.07) is 3.06. The SMILES string of the molecule is CC(=O)C(Sc1ccc([N+](=O)[O-])cc1[N+](=O)[O-])C(C)=O. The van der Waals surface area contributed by atoms with E-state index in [1.807, 2.05) is 0 Å². The number of hydrogen-bond donors (Lipinski definition) is 0. The van der Waals surface area contributed by atoms with Crippen LogP contribution in [-0.2, 0) is 9.59 Å². The highest BCUT2D eigenvalue weighted by Gasteiger charge is 2.27. The van der Waals surface area contributed by atoms with Gasteiger partial charge in [-0.15, -0.1) is 0 Å². The molecular formula is C11H10N2O6S. The highest BCUT2D eigenvalue weighted by molar-refractivity contribution is 8.01. The summed E-state index contributed by atoms with van der Waals surface area (Å²) in [6.45, 7) is 2.41. The molecule has 0 saturated heterocycles. The summed E-state index contributed by atoms with van der Waals surface area (Å²) >= 11 is 0.717. The molecule has 0 N–H and O–H groups in total. The Labute approximate surface area is 117 Å². The summed E-state index contributed by atoms with van der Waals surface area (Å²) < 4.78 is 0. The number of hydrogen-bond acceptors (Lipinski definition) is 7. The number of nitrogens with zero attached hydrogens (tertiary/aromatic N) is 2. The van der Waals surface area contributed by atoms with E-state index in [4.69, 9.17) is 0 Å². The molecule has 0 bridgehead atoms. The van der Waals surface area contributed by atoms with Gasteiger partial charge in [-0.3, -0.25) is 29.8 Å². The Kier molecular flexibility index (Phi) is 4.92. The van der Waals surface area contributed by atoms with Crippen LogP contribution in [0.1, 0.15) is 13.8 Å². The fourth-order valence-corrected chi connectivity index (χ4v) is 2.43. The van der Waals surface area contributed by atoms with Crippen molar-refractivity contribution in [2.45, 2.75) is 24.0 Å². The van der Waals surface area contributed by atoms with Gasteiger partial charge in [0.25, 0.3) is 11.4 Å². The molecule has 1 rings (SSSR count). The Balaban J connectivity index is 3.24. The zero-order chi connectivity index (χ0) is 15.4. The third kappa shape index (κ3) is 3.60. The van der Waals surface area contributed by atoms with E-state index in [0.717, 1.165) is 12.1 Å². The fourth-order valence-electron chi connectivity index (χ4n) is 1.44. The standard InChI is InChI=1S/C11H10N2O6S/c1-6(14)11(7(2)15)20-10-4-3-8(12(16)17)5-9(10)13(18)19/h3-5,11H,1-2H3. The van der Waals surface area contributed by atoms with Gasteiger partial charge in [-0.2, -0.15) is 0 Å². The molecule has 1 aromatic carbocycles. The number of carbonyl (C=O) groups is 2.